The van der Waals surface area contributed by atoms with Crippen LogP contribution in [0.1, 0.15) is 10.4 Å². The molecule has 6 nitrogen and oxygen atoms in total. The molecular weight excluding hydrogens is 218 g/mol. The number of nitro groups is 1. The molecule has 0 aliphatic carbocycles. The lowest BCUT2D eigenvalue weighted by molar-refractivity contribution is -0.385. The fraction of sp³-hybridized carbons (Fsp3) is 0. The van der Waals surface area contributed by atoms with Gasteiger partial charge in [-0.3, -0.25) is 20.2 Å². The van der Waals surface area contributed by atoms with E-state index >= 15 is 0 Å². The summed E-state index contributed by atoms with van der Waals surface area (Å²) in [6.45, 7) is 0. The third-order valence-electron chi connectivity index (χ3n) is 1.58. The van der Waals surface area contributed by atoms with Gasteiger partial charge in [0.25, 0.3) is 11.6 Å². The van der Waals surface area contributed by atoms with Crippen molar-refractivity contribution in [1.29, 1.82) is 0 Å². The molecule has 0 aromatic heterocycles. The summed E-state index contributed by atoms with van der Waals surface area (Å²) in [5.74, 6) is -0.685. The van der Waals surface area contributed by atoms with E-state index in [9.17, 15) is 14.9 Å². The highest BCUT2D eigenvalue weighted by Crippen LogP contribution is 2.16. The van der Waals surface area contributed by atoms with E-state index in [-0.39, 0.29) is 16.4 Å². The van der Waals surface area contributed by atoms with Gasteiger partial charge in [0.1, 0.15) is 5.56 Å². The number of rotatable bonds is 2. The fourth-order valence-electron chi connectivity index (χ4n) is 1.00. The van der Waals surface area contributed by atoms with E-state index in [0.717, 1.165) is 0 Å². The molecule has 0 aliphatic rings. The summed E-state index contributed by atoms with van der Waals surface area (Å²) < 4.78 is 0. The predicted molar refractivity (Wildman–Crippen MR) is 57.3 cm³/mol. The topological polar surface area (TPSA) is 98.3 Å². The van der Waals surface area contributed by atoms with Crippen molar-refractivity contribution in [1.82, 2.24) is 5.32 Å². The zero-order valence-corrected chi connectivity index (χ0v) is 8.28. The highest BCUT2D eigenvalue weighted by atomic mass is 32.1. The van der Waals surface area contributed by atoms with Gasteiger partial charge >= 0.3 is 0 Å². The lowest BCUT2D eigenvalue weighted by Gasteiger charge is -2.02. The van der Waals surface area contributed by atoms with Crippen molar-refractivity contribution >= 4 is 28.9 Å². The summed E-state index contributed by atoms with van der Waals surface area (Å²) in [4.78, 5) is 21.3. The maximum atomic E-state index is 11.4. The molecule has 0 radical (unpaired) electrons. The number of nitrogens with one attached hydrogen (secondary N) is 1. The van der Waals surface area contributed by atoms with Crippen molar-refractivity contribution in [3.8, 4) is 0 Å². The molecule has 0 aliphatic heterocycles. The van der Waals surface area contributed by atoms with Crippen molar-refractivity contribution < 1.29 is 9.72 Å². The third-order valence-corrected chi connectivity index (χ3v) is 1.68. The third kappa shape index (κ3) is 2.71. The minimum absolute atomic E-state index is 0.0738. The van der Waals surface area contributed by atoms with Gasteiger partial charge in [0.2, 0.25) is 0 Å². The number of benzene rings is 1. The minimum atomic E-state index is -0.685. The van der Waals surface area contributed by atoms with Gasteiger partial charge in [-0.25, -0.2) is 0 Å². The summed E-state index contributed by atoms with van der Waals surface area (Å²) in [7, 11) is 0. The molecule has 15 heavy (non-hydrogen) atoms. The second-order valence-electron chi connectivity index (χ2n) is 2.59. The van der Waals surface area contributed by atoms with Crippen LogP contribution in [0.25, 0.3) is 0 Å². The van der Waals surface area contributed by atoms with Crippen molar-refractivity contribution in [2.75, 3.05) is 0 Å². The number of thiocarbonyl (C=S) groups is 1. The average molecular weight is 225 g/mol. The molecule has 0 bridgehead atoms. The molecule has 1 aromatic carbocycles. The van der Waals surface area contributed by atoms with Gasteiger partial charge in [0, 0.05) is 6.07 Å². The summed E-state index contributed by atoms with van der Waals surface area (Å²) in [6.07, 6.45) is 0. The van der Waals surface area contributed by atoms with Crippen LogP contribution >= 0.6 is 12.2 Å². The number of nitro benzene ring substituents is 1. The molecule has 3 N–H and O–H groups in total. The Labute approximate surface area is 90.2 Å². The second-order valence-corrected chi connectivity index (χ2v) is 3.03. The average Bonchev–Trinajstić information content (AvgIpc) is 2.16. The SMILES string of the molecule is NC(=S)NC(=O)c1ccccc1[N+](=O)[O-]. The van der Waals surface area contributed by atoms with Gasteiger partial charge < -0.3 is 5.73 Å². The molecule has 0 unspecified atom stereocenters. The van der Waals surface area contributed by atoms with Gasteiger partial charge in [-0.1, -0.05) is 12.1 Å². The van der Waals surface area contributed by atoms with E-state index in [1.807, 2.05) is 0 Å². The first-order valence-corrected chi connectivity index (χ1v) is 4.27. The number of carbonyl (C=O) groups excluding carboxylic acids is 1. The van der Waals surface area contributed by atoms with E-state index in [1.54, 1.807) is 0 Å². The molecule has 0 saturated carbocycles. The molecule has 78 valence electrons. The predicted octanol–water partition coefficient (Wildman–Crippen LogP) is 0.568. The Bertz CT molecular complexity index is 433. The maximum absolute atomic E-state index is 11.4. The number of para-hydroxylation sites is 1. The van der Waals surface area contributed by atoms with Crippen LogP contribution in [0.2, 0.25) is 0 Å². The van der Waals surface area contributed by atoms with Crippen LogP contribution in [0, 0.1) is 10.1 Å². The van der Waals surface area contributed by atoms with Gasteiger partial charge in [-0.2, -0.15) is 0 Å². The number of hydrogen-bond acceptors (Lipinski definition) is 4. The van der Waals surface area contributed by atoms with E-state index in [1.165, 1.54) is 24.3 Å². The summed E-state index contributed by atoms with van der Waals surface area (Å²) in [5, 5.41) is 12.5. The molecule has 7 heteroatoms. The molecule has 1 aromatic rings. The largest absolute Gasteiger partial charge is 0.376 e. The van der Waals surface area contributed by atoms with Gasteiger partial charge in [-0.15, -0.1) is 0 Å². The van der Waals surface area contributed by atoms with Crippen LogP contribution in [-0.2, 0) is 0 Å². The molecule has 0 atom stereocenters. The Balaban J connectivity index is 3.08. The summed E-state index contributed by atoms with van der Waals surface area (Å²) >= 11 is 4.46. The van der Waals surface area contributed by atoms with E-state index in [4.69, 9.17) is 5.73 Å². The van der Waals surface area contributed by atoms with Gasteiger partial charge in [0.15, 0.2) is 5.11 Å². The fourth-order valence-corrected chi connectivity index (χ4v) is 1.10. The van der Waals surface area contributed by atoms with Crippen molar-refractivity contribution in [3.63, 3.8) is 0 Å². The second kappa shape index (κ2) is 4.47. The number of amides is 1. The van der Waals surface area contributed by atoms with E-state index < -0.39 is 10.8 Å². The van der Waals surface area contributed by atoms with Crippen LogP contribution in [0.3, 0.4) is 0 Å². The lowest BCUT2D eigenvalue weighted by Crippen LogP contribution is -2.35. The van der Waals surface area contributed by atoms with Crippen LogP contribution in [0.5, 0.6) is 0 Å². The normalized spacial score (nSPS) is 9.33. The first-order valence-electron chi connectivity index (χ1n) is 3.86. The Morgan fingerprint density at radius 1 is 1.47 bits per heavy atom. The Hall–Kier alpha value is -2.02. The summed E-state index contributed by atoms with van der Waals surface area (Å²) in [6, 6.07) is 5.54. The molecule has 0 spiro atoms. The van der Waals surface area contributed by atoms with Crippen molar-refractivity contribution in [2.45, 2.75) is 0 Å². The molecule has 0 saturated heterocycles. The monoisotopic (exact) mass is 225 g/mol. The van der Waals surface area contributed by atoms with Crippen LogP contribution < -0.4 is 11.1 Å². The highest BCUT2D eigenvalue weighted by molar-refractivity contribution is 7.80. The van der Waals surface area contributed by atoms with Crippen LogP contribution in [-0.4, -0.2) is 15.9 Å². The van der Waals surface area contributed by atoms with Crippen LogP contribution in [0.4, 0.5) is 5.69 Å². The minimum Gasteiger partial charge on any atom is -0.376 e. The summed E-state index contributed by atoms with van der Waals surface area (Å²) in [5.41, 5.74) is 4.73. The van der Waals surface area contributed by atoms with E-state index in [0.29, 0.717) is 0 Å². The first-order chi connectivity index (χ1) is 7.02. The number of nitrogens with two attached hydrogens (primary N) is 1. The van der Waals surface area contributed by atoms with Crippen molar-refractivity contribution in [2.24, 2.45) is 5.73 Å². The highest BCUT2D eigenvalue weighted by Gasteiger charge is 2.18. The molecule has 0 fully saturated rings. The molecule has 1 amide bonds. The Kier molecular flexibility index (Phi) is 3.29. The lowest BCUT2D eigenvalue weighted by atomic mass is 10.1. The van der Waals surface area contributed by atoms with Gasteiger partial charge in [0.05, 0.1) is 4.92 Å². The van der Waals surface area contributed by atoms with Gasteiger partial charge in [-0.05, 0) is 18.3 Å². The van der Waals surface area contributed by atoms with E-state index in [2.05, 4.69) is 17.5 Å². The number of nitrogens with zero attached hydrogens (tertiary/aromatic N) is 1. The van der Waals surface area contributed by atoms with Crippen molar-refractivity contribution in [3.05, 3.63) is 39.9 Å². The first kappa shape index (κ1) is 11.1. The zero-order valence-electron chi connectivity index (χ0n) is 7.47. The Morgan fingerprint density at radius 2 is 2.07 bits per heavy atom. The number of hydrogen-bond donors (Lipinski definition) is 2. The molecule has 0 heterocycles. The maximum Gasteiger partial charge on any atom is 0.282 e. The number of carbonyl (C=O) groups is 1. The standard InChI is InChI=1S/C8H7N3O3S/c9-8(15)10-7(12)5-3-1-2-4-6(5)11(13)14/h1-4H,(H3,9,10,12,15). The molecule has 1 rings (SSSR count). The smallest absolute Gasteiger partial charge is 0.282 e. The van der Waals surface area contributed by atoms with Crippen LogP contribution in [0.15, 0.2) is 24.3 Å². The molecular formula is C8H7N3O3S. The quantitative estimate of drug-likeness (QED) is 0.435. The zero-order chi connectivity index (χ0) is 11.4. The Morgan fingerprint density at radius 3 is 2.60 bits per heavy atom.